The van der Waals surface area contributed by atoms with Gasteiger partial charge in [0, 0.05) is 16.1 Å². The van der Waals surface area contributed by atoms with Crippen molar-refractivity contribution in [3.63, 3.8) is 0 Å². The third-order valence-corrected chi connectivity index (χ3v) is 5.73. The van der Waals surface area contributed by atoms with Gasteiger partial charge in [-0.3, -0.25) is 14.9 Å². The lowest BCUT2D eigenvalue weighted by Crippen LogP contribution is -2.22. The summed E-state index contributed by atoms with van der Waals surface area (Å²) in [5.41, 5.74) is 2.43. The SMILES string of the molecule is Cc1ccc(C(=O)Nc2ccc(SC(C)C(=O)Nc3nnc(C)s3)cc2)cc1. The van der Waals surface area contributed by atoms with E-state index in [2.05, 4.69) is 20.8 Å². The second-order valence-corrected chi connectivity index (χ2v) is 8.82. The Morgan fingerprint density at radius 1 is 0.964 bits per heavy atom. The molecule has 2 amide bonds. The number of aromatic nitrogens is 2. The largest absolute Gasteiger partial charge is 0.322 e. The molecule has 0 radical (unpaired) electrons. The number of carbonyl (C=O) groups is 2. The van der Waals surface area contributed by atoms with Crippen LogP contribution in [0.5, 0.6) is 0 Å². The summed E-state index contributed by atoms with van der Waals surface area (Å²) >= 11 is 2.78. The van der Waals surface area contributed by atoms with E-state index in [0.29, 0.717) is 16.4 Å². The van der Waals surface area contributed by atoms with Crippen molar-refractivity contribution in [2.24, 2.45) is 0 Å². The van der Waals surface area contributed by atoms with E-state index in [1.54, 1.807) is 12.1 Å². The molecule has 2 aromatic carbocycles. The molecule has 0 aliphatic rings. The second-order valence-electron chi connectivity index (χ2n) is 6.22. The van der Waals surface area contributed by atoms with Gasteiger partial charge < -0.3 is 5.32 Å². The van der Waals surface area contributed by atoms with Gasteiger partial charge in [0.05, 0.1) is 5.25 Å². The number of rotatable bonds is 6. The minimum atomic E-state index is -0.294. The van der Waals surface area contributed by atoms with Crippen molar-refractivity contribution in [3.05, 3.63) is 64.7 Å². The van der Waals surface area contributed by atoms with Crippen LogP contribution < -0.4 is 10.6 Å². The standard InChI is InChI=1S/C20H20N4O2S2/c1-12-4-6-15(7-5-12)19(26)21-16-8-10-17(11-9-16)27-13(2)18(25)22-20-24-23-14(3)28-20/h4-11,13H,1-3H3,(H,21,26)(H,22,24,25). The van der Waals surface area contributed by atoms with Crippen molar-refractivity contribution < 1.29 is 9.59 Å². The highest BCUT2D eigenvalue weighted by Crippen LogP contribution is 2.26. The van der Waals surface area contributed by atoms with Gasteiger partial charge in [0.25, 0.3) is 5.91 Å². The molecule has 144 valence electrons. The van der Waals surface area contributed by atoms with Crippen LogP contribution in [0.15, 0.2) is 53.4 Å². The molecule has 2 N–H and O–H groups in total. The molecule has 0 bridgehead atoms. The van der Waals surface area contributed by atoms with Crippen LogP contribution in [0, 0.1) is 13.8 Å². The molecule has 8 heteroatoms. The molecule has 3 rings (SSSR count). The average Bonchev–Trinajstić information content (AvgIpc) is 3.08. The molecule has 1 heterocycles. The Labute approximate surface area is 171 Å². The van der Waals surface area contributed by atoms with E-state index in [9.17, 15) is 9.59 Å². The molecule has 1 unspecified atom stereocenters. The smallest absolute Gasteiger partial charge is 0.255 e. The van der Waals surface area contributed by atoms with Gasteiger partial charge >= 0.3 is 0 Å². The summed E-state index contributed by atoms with van der Waals surface area (Å²) in [6.07, 6.45) is 0. The van der Waals surface area contributed by atoms with E-state index in [0.717, 1.165) is 15.5 Å². The summed E-state index contributed by atoms with van der Waals surface area (Å²) in [7, 11) is 0. The van der Waals surface area contributed by atoms with Crippen molar-refractivity contribution in [1.29, 1.82) is 0 Å². The molecule has 1 atom stereocenters. The summed E-state index contributed by atoms with van der Waals surface area (Å²) in [5, 5.41) is 14.4. The van der Waals surface area contributed by atoms with Crippen LogP contribution in [0.3, 0.4) is 0 Å². The van der Waals surface area contributed by atoms with E-state index < -0.39 is 0 Å². The topological polar surface area (TPSA) is 84.0 Å². The number of amides is 2. The Hall–Kier alpha value is -2.71. The quantitative estimate of drug-likeness (QED) is 0.581. The van der Waals surface area contributed by atoms with E-state index in [1.807, 2.05) is 57.2 Å². The zero-order chi connectivity index (χ0) is 20.1. The third-order valence-electron chi connectivity index (χ3n) is 3.86. The highest BCUT2D eigenvalue weighted by Gasteiger charge is 2.16. The van der Waals surface area contributed by atoms with E-state index in [4.69, 9.17) is 0 Å². The van der Waals surface area contributed by atoms with Gasteiger partial charge in [-0.05, 0) is 57.2 Å². The van der Waals surface area contributed by atoms with Crippen molar-refractivity contribution >= 4 is 45.7 Å². The van der Waals surface area contributed by atoms with Crippen molar-refractivity contribution in [2.45, 2.75) is 30.9 Å². The molecule has 3 aromatic rings. The number of nitrogens with one attached hydrogen (secondary N) is 2. The molecule has 0 saturated carbocycles. The first kappa shape index (κ1) is 20.0. The Kier molecular flexibility index (Phi) is 6.43. The lowest BCUT2D eigenvalue weighted by molar-refractivity contribution is -0.115. The van der Waals surface area contributed by atoms with Gasteiger partial charge in [-0.1, -0.05) is 29.0 Å². The first-order valence-corrected chi connectivity index (χ1v) is 10.4. The highest BCUT2D eigenvalue weighted by atomic mass is 32.2. The number of hydrogen-bond donors (Lipinski definition) is 2. The summed E-state index contributed by atoms with van der Waals surface area (Å²) in [5.74, 6) is -0.279. The molecule has 6 nitrogen and oxygen atoms in total. The summed E-state index contributed by atoms with van der Waals surface area (Å²) in [6, 6.07) is 14.8. The molecule has 1 aromatic heterocycles. The fourth-order valence-corrected chi connectivity index (χ4v) is 3.80. The summed E-state index contributed by atoms with van der Waals surface area (Å²) < 4.78 is 0. The van der Waals surface area contributed by atoms with Gasteiger partial charge in [0.15, 0.2) is 0 Å². The van der Waals surface area contributed by atoms with Crippen LogP contribution in [0.1, 0.15) is 27.9 Å². The van der Waals surface area contributed by atoms with Crippen LogP contribution >= 0.6 is 23.1 Å². The fraction of sp³-hybridized carbons (Fsp3) is 0.200. The molecule has 0 aliphatic carbocycles. The van der Waals surface area contributed by atoms with E-state index in [-0.39, 0.29) is 17.1 Å². The number of aryl methyl sites for hydroxylation is 2. The Balaban J connectivity index is 1.55. The Bertz CT molecular complexity index is 969. The number of carbonyl (C=O) groups excluding carboxylic acids is 2. The number of benzene rings is 2. The molecular weight excluding hydrogens is 392 g/mol. The predicted molar refractivity (Wildman–Crippen MR) is 114 cm³/mol. The molecule has 0 spiro atoms. The monoisotopic (exact) mass is 412 g/mol. The summed E-state index contributed by atoms with van der Waals surface area (Å²) in [4.78, 5) is 25.5. The van der Waals surface area contributed by atoms with Gasteiger partial charge in [-0.15, -0.1) is 22.0 Å². The second kappa shape index (κ2) is 8.99. The van der Waals surface area contributed by atoms with E-state index in [1.165, 1.54) is 23.1 Å². The van der Waals surface area contributed by atoms with Gasteiger partial charge in [-0.2, -0.15) is 0 Å². The minimum Gasteiger partial charge on any atom is -0.322 e. The van der Waals surface area contributed by atoms with Crippen molar-refractivity contribution in [3.8, 4) is 0 Å². The first-order valence-electron chi connectivity index (χ1n) is 8.66. The molecule has 28 heavy (non-hydrogen) atoms. The maximum atomic E-state index is 12.3. The molecule has 0 fully saturated rings. The first-order chi connectivity index (χ1) is 13.4. The van der Waals surface area contributed by atoms with Crippen molar-refractivity contribution in [2.75, 3.05) is 10.6 Å². The number of anilines is 2. The van der Waals surface area contributed by atoms with Gasteiger partial charge in [0.2, 0.25) is 11.0 Å². The van der Waals surface area contributed by atoms with Crippen LogP contribution in [0.4, 0.5) is 10.8 Å². The minimum absolute atomic E-state index is 0.127. The normalized spacial score (nSPS) is 11.7. The zero-order valence-electron chi connectivity index (χ0n) is 15.7. The number of hydrogen-bond acceptors (Lipinski definition) is 6. The van der Waals surface area contributed by atoms with Gasteiger partial charge in [-0.25, -0.2) is 0 Å². The maximum absolute atomic E-state index is 12.3. The Morgan fingerprint density at radius 3 is 2.25 bits per heavy atom. The fourth-order valence-electron chi connectivity index (χ4n) is 2.34. The third kappa shape index (κ3) is 5.40. The Morgan fingerprint density at radius 2 is 1.64 bits per heavy atom. The van der Waals surface area contributed by atoms with Crippen LogP contribution in [-0.4, -0.2) is 27.3 Å². The van der Waals surface area contributed by atoms with Crippen LogP contribution in [0.25, 0.3) is 0 Å². The van der Waals surface area contributed by atoms with Crippen molar-refractivity contribution in [1.82, 2.24) is 10.2 Å². The molecule has 0 saturated heterocycles. The zero-order valence-corrected chi connectivity index (χ0v) is 17.4. The number of nitrogens with zero attached hydrogens (tertiary/aromatic N) is 2. The maximum Gasteiger partial charge on any atom is 0.255 e. The lowest BCUT2D eigenvalue weighted by Gasteiger charge is -2.11. The molecule has 0 aliphatic heterocycles. The molecular formula is C20H20N4O2S2. The van der Waals surface area contributed by atoms with Crippen LogP contribution in [-0.2, 0) is 4.79 Å². The number of thioether (sulfide) groups is 1. The summed E-state index contributed by atoms with van der Waals surface area (Å²) in [6.45, 7) is 5.65. The predicted octanol–water partition coefficient (Wildman–Crippen LogP) is 4.53. The average molecular weight is 413 g/mol. The van der Waals surface area contributed by atoms with E-state index >= 15 is 0 Å². The van der Waals surface area contributed by atoms with Crippen LogP contribution in [0.2, 0.25) is 0 Å². The van der Waals surface area contributed by atoms with Gasteiger partial charge in [0.1, 0.15) is 5.01 Å². The lowest BCUT2D eigenvalue weighted by atomic mass is 10.1. The highest BCUT2D eigenvalue weighted by molar-refractivity contribution is 8.00.